The van der Waals surface area contributed by atoms with Crippen LogP contribution in [0, 0.1) is 6.92 Å². The Labute approximate surface area is 171 Å². The van der Waals surface area contributed by atoms with E-state index in [4.69, 9.17) is 4.74 Å². The van der Waals surface area contributed by atoms with Gasteiger partial charge in [-0.25, -0.2) is 9.59 Å². The maximum Gasteiger partial charge on any atom is 0.338 e. The van der Waals surface area contributed by atoms with Crippen molar-refractivity contribution in [3.8, 4) is 0 Å². The summed E-state index contributed by atoms with van der Waals surface area (Å²) in [5.74, 6) is -0.450. The first-order chi connectivity index (χ1) is 14.0. The van der Waals surface area contributed by atoms with Crippen LogP contribution in [0.25, 0.3) is 0 Å². The molecule has 0 saturated carbocycles. The van der Waals surface area contributed by atoms with Crippen LogP contribution in [0.2, 0.25) is 0 Å². The van der Waals surface area contributed by atoms with Crippen LogP contribution in [-0.4, -0.2) is 37.1 Å². The first kappa shape index (κ1) is 20.6. The number of hydrogen-bond acceptors (Lipinski definition) is 4. The summed E-state index contributed by atoms with van der Waals surface area (Å²) in [5, 5.41) is 5.69. The molecule has 1 heterocycles. The second-order valence-corrected chi connectivity index (χ2v) is 7.11. The van der Waals surface area contributed by atoms with Crippen LogP contribution >= 0.6 is 0 Å². The van der Waals surface area contributed by atoms with E-state index >= 15 is 0 Å². The summed E-state index contributed by atoms with van der Waals surface area (Å²) in [7, 11) is 1.36. The largest absolute Gasteiger partial charge is 0.466 e. The summed E-state index contributed by atoms with van der Waals surface area (Å²) < 4.78 is 5.06. The zero-order valence-corrected chi connectivity index (χ0v) is 17.1. The fraction of sp³-hybridized carbons (Fsp3) is 0.304. The third-order valence-corrected chi connectivity index (χ3v) is 5.05. The third kappa shape index (κ3) is 5.03. The zero-order valence-electron chi connectivity index (χ0n) is 17.1. The molecule has 0 unspecified atom stereocenters. The van der Waals surface area contributed by atoms with E-state index in [1.165, 1.54) is 12.7 Å². The molecule has 2 aromatic rings. The van der Waals surface area contributed by atoms with Gasteiger partial charge in [0, 0.05) is 18.8 Å². The first-order valence-corrected chi connectivity index (χ1v) is 9.73. The van der Waals surface area contributed by atoms with E-state index in [9.17, 15) is 9.59 Å². The van der Waals surface area contributed by atoms with Crippen LogP contribution in [-0.2, 0) is 16.1 Å². The summed E-state index contributed by atoms with van der Waals surface area (Å²) in [6, 6.07) is 17.0. The fourth-order valence-corrected chi connectivity index (χ4v) is 3.45. The number of carbonyl (C=O) groups excluding carboxylic acids is 2. The van der Waals surface area contributed by atoms with E-state index in [1.807, 2.05) is 49.4 Å². The van der Waals surface area contributed by atoms with Gasteiger partial charge in [-0.15, -0.1) is 0 Å². The Bertz CT molecular complexity index is 891. The number of nitrogens with zero attached hydrogens (tertiary/aromatic N) is 1. The highest BCUT2D eigenvalue weighted by Crippen LogP contribution is 2.28. The van der Waals surface area contributed by atoms with Crippen molar-refractivity contribution < 1.29 is 14.3 Å². The normalized spacial score (nSPS) is 16.4. The van der Waals surface area contributed by atoms with Crippen molar-refractivity contribution >= 4 is 12.0 Å². The van der Waals surface area contributed by atoms with E-state index in [2.05, 4.69) is 34.6 Å². The van der Waals surface area contributed by atoms with Gasteiger partial charge in [-0.1, -0.05) is 67.1 Å². The molecule has 0 saturated heterocycles. The summed E-state index contributed by atoms with van der Waals surface area (Å²) in [6.07, 6.45) is 0. The Morgan fingerprint density at radius 1 is 1.07 bits per heavy atom. The lowest BCUT2D eigenvalue weighted by Crippen LogP contribution is -2.48. The number of hydrogen-bond donors (Lipinski definition) is 2. The molecule has 6 heteroatoms. The zero-order chi connectivity index (χ0) is 20.8. The number of nitrogens with one attached hydrogen (secondary N) is 2. The number of rotatable bonds is 7. The molecule has 3 rings (SSSR count). The molecule has 1 aliphatic heterocycles. The average molecular weight is 393 g/mol. The topological polar surface area (TPSA) is 70.7 Å². The van der Waals surface area contributed by atoms with E-state index in [0.29, 0.717) is 24.4 Å². The Morgan fingerprint density at radius 3 is 2.38 bits per heavy atom. The molecule has 0 radical (unpaired) electrons. The number of methoxy groups -OCH3 is 1. The highest BCUT2D eigenvalue weighted by Gasteiger charge is 2.33. The number of carbonyl (C=O) groups is 2. The maximum absolute atomic E-state index is 12.7. The van der Waals surface area contributed by atoms with Crippen LogP contribution in [0.15, 0.2) is 65.9 Å². The predicted octanol–water partition coefficient (Wildman–Crippen LogP) is 3.30. The molecule has 0 spiro atoms. The van der Waals surface area contributed by atoms with Crippen molar-refractivity contribution in [1.29, 1.82) is 0 Å². The number of esters is 1. The number of aryl methyl sites for hydroxylation is 1. The lowest BCUT2D eigenvalue weighted by molar-refractivity contribution is -0.136. The van der Waals surface area contributed by atoms with Gasteiger partial charge in [-0.3, -0.25) is 4.90 Å². The molecule has 0 fully saturated rings. The first-order valence-electron chi connectivity index (χ1n) is 9.73. The number of urea groups is 1. The van der Waals surface area contributed by atoms with E-state index in [0.717, 1.165) is 17.7 Å². The van der Waals surface area contributed by atoms with Gasteiger partial charge in [-0.2, -0.15) is 0 Å². The minimum atomic E-state index is -0.553. The summed E-state index contributed by atoms with van der Waals surface area (Å²) in [5.41, 5.74) is 4.13. The smallest absolute Gasteiger partial charge is 0.338 e. The quantitative estimate of drug-likeness (QED) is 0.708. The van der Waals surface area contributed by atoms with Crippen LogP contribution in [0.5, 0.6) is 0 Å². The SMILES string of the molecule is CCN(CC1=C(C(=O)OC)[C@H](c2ccc(C)cc2)NC(=O)N1)Cc1ccccc1. The van der Waals surface area contributed by atoms with E-state index < -0.39 is 12.0 Å². The van der Waals surface area contributed by atoms with Crippen LogP contribution in [0.4, 0.5) is 4.79 Å². The minimum absolute atomic E-state index is 0.325. The van der Waals surface area contributed by atoms with Crippen molar-refractivity contribution in [2.45, 2.75) is 26.4 Å². The fourth-order valence-electron chi connectivity index (χ4n) is 3.45. The van der Waals surface area contributed by atoms with Crippen LogP contribution in [0.1, 0.15) is 29.7 Å². The Morgan fingerprint density at radius 2 is 1.76 bits per heavy atom. The van der Waals surface area contributed by atoms with E-state index in [1.54, 1.807) is 0 Å². The van der Waals surface area contributed by atoms with Gasteiger partial charge in [0.1, 0.15) is 0 Å². The number of amides is 2. The monoisotopic (exact) mass is 393 g/mol. The molecule has 6 nitrogen and oxygen atoms in total. The number of likely N-dealkylation sites (N-methyl/N-ethyl adjacent to an activating group) is 1. The molecular weight excluding hydrogens is 366 g/mol. The lowest BCUT2D eigenvalue weighted by Gasteiger charge is -2.31. The van der Waals surface area contributed by atoms with Crippen molar-refractivity contribution in [3.63, 3.8) is 0 Å². The van der Waals surface area contributed by atoms with Gasteiger partial charge in [0.15, 0.2) is 0 Å². The predicted molar refractivity (Wildman–Crippen MR) is 112 cm³/mol. The van der Waals surface area contributed by atoms with Crippen molar-refractivity contribution in [3.05, 3.63) is 82.6 Å². The van der Waals surface area contributed by atoms with Crippen molar-refractivity contribution in [2.24, 2.45) is 0 Å². The molecule has 2 amide bonds. The molecule has 0 bridgehead atoms. The Balaban J connectivity index is 1.95. The molecule has 2 N–H and O–H groups in total. The van der Waals surface area contributed by atoms with Crippen LogP contribution in [0.3, 0.4) is 0 Å². The summed E-state index contributed by atoms with van der Waals surface area (Å²) in [6.45, 7) is 5.97. The highest BCUT2D eigenvalue weighted by molar-refractivity contribution is 5.95. The standard InChI is InChI=1S/C23H27N3O3/c1-4-26(14-17-8-6-5-7-9-17)15-19-20(22(27)29-3)21(25-23(28)24-19)18-12-10-16(2)11-13-18/h5-13,21H,4,14-15H2,1-3H3,(H2,24,25,28)/t21-/m0/s1. The average Bonchev–Trinajstić information content (AvgIpc) is 2.73. The molecule has 152 valence electrons. The minimum Gasteiger partial charge on any atom is -0.466 e. The lowest BCUT2D eigenvalue weighted by atomic mass is 9.94. The number of benzene rings is 2. The van der Waals surface area contributed by atoms with Crippen molar-refractivity contribution in [2.75, 3.05) is 20.2 Å². The third-order valence-electron chi connectivity index (χ3n) is 5.05. The Kier molecular flexibility index (Phi) is 6.67. The Hall–Kier alpha value is -3.12. The van der Waals surface area contributed by atoms with Gasteiger partial charge in [-0.05, 0) is 24.6 Å². The molecule has 2 aromatic carbocycles. The van der Waals surface area contributed by atoms with Gasteiger partial charge in [0.2, 0.25) is 0 Å². The molecule has 0 aliphatic carbocycles. The molecule has 1 atom stereocenters. The van der Waals surface area contributed by atoms with Gasteiger partial charge in [0.05, 0.1) is 18.7 Å². The second kappa shape index (κ2) is 9.39. The van der Waals surface area contributed by atoms with Crippen LogP contribution < -0.4 is 10.6 Å². The van der Waals surface area contributed by atoms with Gasteiger partial charge < -0.3 is 15.4 Å². The highest BCUT2D eigenvalue weighted by atomic mass is 16.5. The van der Waals surface area contributed by atoms with E-state index in [-0.39, 0.29) is 6.03 Å². The van der Waals surface area contributed by atoms with Gasteiger partial charge in [0.25, 0.3) is 0 Å². The maximum atomic E-state index is 12.7. The summed E-state index contributed by atoms with van der Waals surface area (Å²) >= 11 is 0. The molecule has 0 aromatic heterocycles. The van der Waals surface area contributed by atoms with Gasteiger partial charge >= 0.3 is 12.0 Å². The molecule has 1 aliphatic rings. The van der Waals surface area contributed by atoms with Crippen molar-refractivity contribution in [1.82, 2.24) is 15.5 Å². The number of ether oxygens (including phenoxy) is 1. The summed E-state index contributed by atoms with van der Waals surface area (Å²) in [4.78, 5) is 27.2. The molecular formula is C23H27N3O3. The molecule has 29 heavy (non-hydrogen) atoms. The second-order valence-electron chi connectivity index (χ2n) is 7.11.